The van der Waals surface area contributed by atoms with Gasteiger partial charge in [-0.25, -0.2) is 4.79 Å². The van der Waals surface area contributed by atoms with Gasteiger partial charge in [-0.15, -0.1) is 0 Å². The molecule has 0 aliphatic heterocycles. The Kier molecular flexibility index (Phi) is 11.0. The summed E-state index contributed by atoms with van der Waals surface area (Å²) < 4.78 is 5.49. The topological polar surface area (TPSA) is 108 Å². The zero-order chi connectivity index (χ0) is 29.3. The number of phenolic OH excluding ortho intramolecular Hbond substituents is 1. The molecular formula is C32H45N3O5. The molecule has 0 aromatic heterocycles. The van der Waals surface area contributed by atoms with E-state index in [2.05, 4.69) is 10.6 Å². The minimum absolute atomic E-state index is 0.0171. The van der Waals surface area contributed by atoms with Gasteiger partial charge in [0.2, 0.25) is 11.8 Å². The molecule has 3 amide bonds. The van der Waals surface area contributed by atoms with E-state index in [0.29, 0.717) is 12.0 Å². The lowest BCUT2D eigenvalue weighted by molar-refractivity contribution is -0.145. The van der Waals surface area contributed by atoms with E-state index in [-0.39, 0.29) is 30.2 Å². The Balaban J connectivity index is 2.03. The van der Waals surface area contributed by atoms with Gasteiger partial charge >= 0.3 is 6.09 Å². The normalized spacial score (nSPS) is 16.3. The van der Waals surface area contributed by atoms with Crippen molar-refractivity contribution in [3.05, 3.63) is 65.7 Å². The van der Waals surface area contributed by atoms with Gasteiger partial charge in [-0.2, -0.15) is 0 Å². The van der Waals surface area contributed by atoms with E-state index in [1.807, 2.05) is 44.2 Å². The third-order valence-electron chi connectivity index (χ3n) is 7.30. The molecule has 3 rings (SSSR count). The fourth-order valence-corrected chi connectivity index (χ4v) is 5.14. The molecule has 0 spiro atoms. The van der Waals surface area contributed by atoms with E-state index >= 15 is 0 Å². The average Bonchev–Trinajstić information content (AvgIpc) is 2.91. The largest absolute Gasteiger partial charge is 0.508 e. The highest BCUT2D eigenvalue weighted by atomic mass is 16.6. The van der Waals surface area contributed by atoms with Crippen molar-refractivity contribution >= 4 is 17.9 Å². The number of para-hydroxylation sites is 1. The minimum Gasteiger partial charge on any atom is -0.508 e. The number of carbonyl (C=O) groups is 3. The van der Waals surface area contributed by atoms with Gasteiger partial charge in [0, 0.05) is 24.1 Å². The number of rotatable bonds is 10. The Hall–Kier alpha value is -3.55. The molecule has 8 nitrogen and oxygen atoms in total. The van der Waals surface area contributed by atoms with Crippen LogP contribution in [-0.2, 0) is 20.7 Å². The number of aromatic hydroxyl groups is 1. The molecular weight excluding hydrogens is 506 g/mol. The quantitative estimate of drug-likeness (QED) is 0.354. The molecule has 3 unspecified atom stereocenters. The van der Waals surface area contributed by atoms with Crippen molar-refractivity contribution in [2.45, 2.75) is 109 Å². The Morgan fingerprint density at radius 1 is 1.00 bits per heavy atom. The average molecular weight is 552 g/mol. The van der Waals surface area contributed by atoms with Crippen LogP contribution in [0.3, 0.4) is 0 Å². The van der Waals surface area contributed by atoms with Crippen LogP contribution < -0.4 is 10.6 Å². The molecule has 218 valence electrons. The second kappa shape index (κ2) is 14.2. The molecule has 0 heterocycles. The van der Waals surface area contributed by atoms with Crippen LogP contribution in [0.1, 0.15) is 90.3 Å². The molecule has 1 aliphatic carbocycles. The summed E-state index contributed by atoms with van der Waals surface area (Å²) in [6.45, 7) is 9.10. The van der Waals surface area contributed by atoms with E-state index in [0.717, 1.165) is 37.7 Å². The second-order valence-electron chi connectivity index (χ2n) is 11.7. The number of hydrogen-bond acceptors (Lipinski definition) is 5. The number of benzene rings is 2. The Labute approximate surface area is 238 Å². The van der Waals surface area contributed by atoms with Crippen LogP contribution in [-0.4, -0.2) is 51.6 Å². The van der Waals surface area contributed by atoms with Gasteiger partial charge in [-0.05, 0) is 58.6 Å². The van der Waals surface area contributed by atoms with E-state index in [1.165, 1.54) is 11.0 Å². The molecule has 8 heteroatoms. The molecule has 0 saturated heterocycles. The first-order valence-electron chi connectivity index (χ1n) is 14.4. The molecule has 3 N–H and O–H groups in total. The predicted molar refractivity (Wildman–Crippen MR) is 156 cm³/mol. The number of phenols is 1. The van der Waals surface area contributed by atoms with Crippen molar-refractivity contribution in [1.29, 1.82) is 0 Å². The maximum atomic E-state index is 14.5. The van der Waals surface area contributed by atoms with Crippen molar-refractivity contribution in [3.8, 4) is 5.75 Å². The summed E-state index contributed by atoms with van der Waals surface area (Å²) in [6, 6.07) is 13.6. The molecule has 1 aliphatic rings. The molecule has 1 saturated carbocycles. The van der Waals surface area contributed by atoms with Crippen molar-refractivity contribution in [2.75, 3.05) is 0 Å². The monoisotopic (exact) mass is 551 g/mol. The third-order valence-corrected chi connectivity index (χ3v) is 7.30. The molecule has 1 fully saturated rings. The van der Waals surface area contributed by atoms with Crippen molar-refractivity contribution < 1.29 is 24.2 Å². The first-order valence-corrected chi connectivity index (χ1v) is 14.4. The zero-order valence-corrected chi connectivity index (χ0v) is 24.5. The lowest BCUT2D eigenvalue weighted by Crippen LogP contribution is -2.56. The standard InChI is InChI=1S/C32H45N3O5/c1-6-22(2)35(28(25-19-13-14-20-27(25)36)29(37)33-24-17-11-8-12-18-24)30(38)26(21-23-15-9-7-10-16-23)34-31(39)40-32(3,4)5/h7,9-10,13-16,19-20,22,24,26,28,36H,6,8,11-12,17-18,21H2,1-5H3,(H,33,37)(H,34,39). The van der Waals surface area contributed by atoms with Gasteiger partial charge in [-0.3, -0.25) is 9.59 Å². The number of alkyl carbamates (subject to hydrolysis) is 1. The summed E-state index contributed by atoms with van der Waals surface area (Å²) in [7, 11) is 0. The lowest BCUT2D eigenvalue weighted by Gasteiger charge is -2.39. The molecule has 2 aromatic rings. The van der Waals surface area contributed by atoms with E-state index in [1.54, 1.807) is 39.0 Å². The highest BCUT2D eigenvalue weighted by Crippen LogP contribution is 2.33. The van der Waals surface area contributed by atoms with E-state index in [4.69, 9.17) is 4.74 Å². The molecule has 2 aromatic carbocycles. The summed E-state index contributed by atoms with van der Waals surface area (Å²) in [5, 5.41) is 16.8. The number of amides is 3. The van der Waals surface area contributed by atoms with Gasteiger partial charge < -0.3 is 25.4 Å². The predicted octanol–water partition coefficient (Wildman–Crippen LogP) is 5.65. The fraction of sp³-hybridized carbons (Fsp3) is 0.531. The highest BCUT2D eigenvalue weighted by Gasteiger charge is 2.40. The number of nitrogens with zero attached hydrogens (tertiary/aromatic N) is 1. The number of carbonyl (C=O) groups excluding carboxylic acids is 3. The van der Waals surface area contributed by atoms with Crippen LogP contribution in [0, 0.1) is 0 Å². The highest BCUT2D eigenvalue weighted by molar-refractivity contribution is 5.93. The fourth-order valence-electron chi connectivity index (χ4n) is 5.14. The summed E-state index contributed by atoms with van der Waals surface area (Å²) >= 11 is 0. The molecule has 0 radical (unpaired) electrons. The minimum atomic E-state index is -1.08. The SMILES string of the molecule is CCC(C)N(C(=O)C(Cc1ccccc1)NC(=O)OC(C)(C)C)C(C(=O)NC1CCCCC1)c1ccccc1O. The van der Waals surface area contributed by atoms with Crippen LogP contribution in [0.5, 0.6) is 5.75 Å². The third kappa shape index (κ3) is 8.73. The second-order valence-corrected chi connectivity index (χ2v) is 11.7. The van der Waals surface area contributed by atoms with E-state index in [9.17, 15) is 19.5 Å². The first kappa shape index (κ1) is 31.0. The Morgan fingerprint density at radius 2 is 1.62 bits per heavy atom. The summed E-state index contributed by atoms with van der Waals surface area (Å²) in [5.41, 5.74) is 0.450. The molecule has 3 atom stereocenters. The summed E-state index contributed by atoms with van der Waals surface area (Å²) in [6.07, 6.45) is 5.06. The van der Waals surface area contributed by atoms with Gasteiger partial charge in [0.1, 0.15) is 23.4 Å². The van der Waals surface area contributed by atoms with Crippen molar-refractivity contribution in [3.63, 3.8) is 0 Å². The maximum absolute atomic E-state index is 14.5. The molecule has 40 heavy (non-hydrogen) atoms. The summed E-state index contributed by atoms with van der Waals surface area (Å²) in [4.78, 5) is 42.9. The van der Waals surface area contributed by atoms with Gasteiger partial charge in [0.05, 0.1) is 0 Å². The number of nitrogens with one attached hydrogen (secondary N) is 2. The van der Waals surface area contributed by atoms with Gasteiger partial charge in [0.25, 0.3) is 0 Å². The van der Waals surface area contributed by atoms with E-state index < -0.39 is 29.7 Å². The van der Waals surface area contributed by atoms with Crippen LogP contribution in [0.25, 0.3) is 0 Å². The number of hydrogen-bond donors (Lipinski definition) is 3. The summed E-state index contributed by atoms with van der Waals surface area (Å²) in [5.74, 6) is -0.819. The van der Waals surface area contributed by atoms with Gasteiger partial charge in [0.15, 0.2) is 0 Å². The number of ether oxygens (including phenoxy) is 1. The smallest absolute Gasteiger partial charge is 0.408 e. The first-order chi connectivity index (χ1) is 19.0. The van der Waals surface area contributed by atoms with Crippen LogP contribution >= 0.6 is 0 Å². The van der Waals surface area contributed by atoms with Gasteiger partial charge in [-0.1, -0.05) is 74.7 Å². The van der Waals surface area contributed by atoms with Crippen molar-refractivity contribution in [2.24, 2.45) is 0 Å². The lowest BCUT2D eigenvalue weighted by atomic mass is 9.93. The van der Waals surface area contributed by atoms with Crippen LogP contribution in [0.2, 0.25) is 0 Å². The zero-order valence-electron chi connectivity index (χ0n) is 24.5. The Morgan fingerprint density at radius 3 is 2.23 bits per heavy atom. The van der Waals surface area contributed by atoms with Crippen LogP contribution in [0.4, 0.5) is 4.79 Å². The van der Waals surface area contributed by atoms with Crippen LogP contribution in [0.15, 0.2) is 54.6 Å². The maximum Gasteiger partial charge on any atom is 0.408 e. The Bertz CT molecular complexity index is 1120. The molecule has 0 bridgehead atoms. The van der Waals surface area contributed by atoms with Crippen molar-refractivity contribution in [1.82, 2.24) is 15.5 Å².